The van der Waals surface area contributed by atoms with E-state index in [2.05, 4.69) is 5.32 Å². The molecule has 6 heteroatoms. The van der Waals surface area contributed by atoms with Crippen molar-refractivity contribution >= 4 is 35.6 Å². The van der Waals surface area contributed by atoms with Crippen LogP contribution in [0.25, 0.3) is 0 Å². The van der Waals surface area contributed by atoms with Crippen LogP contribution in [0.5, 0.6) is 0 Å². The molecule has 0 saturated carbocycles. The third kappa shape index (κ3) is 4.50. The Morgan fingerprint density at radius 3 is 2.53 bits per heavy atom. The highest BCUT2D eigenvalue weighted by Crippen LogP contribution is 2.18. The maximum Gasteiger partial charge on any atom is 0.241 e. The van der Waals surface area contributed by atoms with Crippen LogP contribution in [0.15, 0.2) is 18.2 Å². The minimum absolute atomic E-state index is 0. The molecule has 0 aliphatic carbocycles. The van der Waals surface area contributed by atoms with Gasteiger partial charge in [-0.15, -0.1) is 12.4 Å². The first-order chi connectivity index (χ1) is 7.41. The van der Waals surface area contributed by atoms with Crippen molar-refractivity contribution in [2.75, 3.05) is 5.32 Å². The Labute approximate surface area is 111 Å². The normalized spacial score (nSPS) is 11.9. The van der Waals surface area contributed by atoms with Gasteiger partial charge in [-0.05, 0) is 24.1 Å². The molecule has 0 heterocycles. The molecule has 1 aromatic carbocycles. The molecule has 3 nitrogen and oxygen atoms in total. The van der Waals surface area contributed by atoms with Gasteiger partial charge in [0.1, 0.15) is 5.82 Å². The Hall–Kier alpha value is -0.840. The molecule has 0 spiro atoms. The summed E-state index contributed by atoms with van der Waals surface area (Å²) in [5.74, 6) is -0.883. The van der Waals surface area contributed by atoms with Crippen LogP contribution in [0.2, 0.25) is 5.02 Å². The molecule has 1 rings (SSSR count). The van der Waals surface area contributed by atoms with Crippen LogP contribution in [-0.4, -0.2) is 11.9 Å². The van der Waals surface area contributed by atoms with E-state index in [0.29, 0.717) is 5.69 Å². The first kappa shape index (κ1) is 16.2. The van der Waals surface area contributed by atoms with Gasteiger partial charge < -0.3 is 11.1 Å². The van der Waals surface area contributed by atoms with Crippen LogP contribution < -0.4 is 11.1 Å². The van der Waals surface area contributed by atoms with Gasteiger partial charge in [0, 0.05) is 5.69 Å². The van der Waals surface area contributed by atoms with Gasteiger partial charge in [-0.25, -0.2) is 4.39 Å². The third-order valence-electron chi connectivity index (χ3n) is 2.21. The van der Waals surface area contributed by atoms with Crippen LogP contribution >= 0.6 is 24.0 Å². The number of halogens is 3. The average molecular weight is 281 g/mol. The second kappa shape index (κ2) is 6.79. The van der Waals surface area contributed by atoms with E-state index in [1.165, 1.54) is 12.1 Å². The highest BCUT2D eigenvalue weighted by Gasteiger charge is 2.17. The summed E-state index contributed by atoms with van der Waals surface area (Å²) in [7, 11) is 0. The lowest BCUT2D eigenvalue weighted by Gasteiger charge is -2.15. The molecule has 0 fully saturated rings. The monoisotopic (exact) mass is 280 g/mol. The van der Waals surface area contributed by atoms with Gasteiger partial charge in [0.2, 0.25) is 5.91 Å². The van der Waals surface area contributed by atoms with Crippen LogP contribution in [-0.2, 0) is 4.79 Å². The predicted octanol–water partition coefficient (Wildman–Crippen LogP) is 2.82. The fourth-order valence-corrected chi connectivity index (χ4v) is 1.22. The summed E-state index contributed by atoms with van der Waals surface area (Å²) in [5, 5.41) is 2.55. The summed E-state index contributed by atoms with van der Waals surface area (Å²) in [4.78, 5) is 11.6. The molecule has 3 N–H and O–H groups in total. The van der Waals surface area contributed by atoms with Crippen LogP contribution in [0.3, 0.4) is 0 Å². The minimum Gasteiger partial charge on any atom is -0.325 e. The summed E-state index contributed by atoms with van der Waals surface area (Å²) >= 11 is 5.52. The quantitative estimate of drug-likeness (QED) is 0.895. The number of anilines is 1. The lowest BCUT2D eigenvalue weighted by molar-refractivity contribution is -0.118. The van der Waals surface area contributed by atoms with Gasteiger partial charge in [0.15, 0.2) is 0 Å². The predicted molar refractivity (Wildman–Crippen MR) is 70.1 cm³/mol. The fraction of sp³-hybridized carbons (Fsp3) is 0.364. The van der Waals surface area contributed by atoms with Gasteiger partial charge >= 0.3 is 0 Å². The minimum atomic E-state index is -0.612. The topological polar surface area (TPSA) is 55.1 Å². The Bertz CT molecular complexity index is 399. The second-order valence-electron chi connectivity index (χ2n) is 3.89. The maximum atomic E-state index is 13.1. The van der Waals surface area contributed by atoms with E-state index >= 15 is 0 Å². The van der Waals surface area contributed by atoms with Crippen molar-refractivity contribution in [2.45, 2.75) is 19.9 Å². The summed E-state index contributed by atoms with van der Waals surface area (Å²) < 4.78 is 13.1. The summed E-state index contributed by atoms with van der Waals surface area (Å²) in [6, 6.07) is 3.45. The molecule has 1 unspecified atom stereocenters. The number of hydrogen-bond donors (Lipinski definition) is 2. The van der Waals surface area contributed by atoms with Crippen LogP contribution in [0.4, 0.5) is 10.1 Å². The lowest BCUT2D eigenvalue weighted by Crippen LogP contribution is -2.39. The van der Waals surface area contributed by atoms with Gasteiger partial charge in [0.05, 0.1) is 11.1 Å². The largest absolute Gasteiger partial charge is 0.325 e. The smallest absolute Gasteiger partial charge is 0.241 e. The molecular formula is C11H15Cl2FN2O. The van der Waals surface area contributed by atoms with Crippen molar-refractivity contribution in [3.63, 3.8) is 0 Å². The van der Waals surface area contributed by atoms with Crippen LogP contribution in [0, 0.1) is 11.7 Å². The standard InChI is InChI=1S/C11H14ClFN2O.ClH/c1-6(2)10(14)11(16)15-7-3-4-8(12)9(13)5-7;/h3-6,10H,14H2,1-2H3,(H,15,16);1H. The fourth-order valence-electron chi connectivity index (χ4n) is 1.10. The Balaban J connectivity index is 0.00000256. The first-order valence-electron chi connectivity index (χ1n) is 4.93. The van der Waals surface area contributed by atoms with E-state index in [4.69, 9.17) is 17.3 Å². The molecule has 0 aliphatic heterocycles. The first-order valence-corrected chi connectivity index (χ1v) is 5.31. The van der Waals surface area contributed by atoms with Crippen molar-refractivity contribution in [1.29, 1.82) is 0 Å². The number of nitrogens with one attached hydrogen (secondary N) is 1. The molecule has 1 aromatic rings. The maximum absolute atomic E-state index is 13.1. The molecule has 0 radical (unpaired) electrons. The second-order valence-corrected chi connectivity index (χ2v) is 4.30. The molecule has 0 aliphatic rings. The molecule has 0 bridgehead atoms. The summed E-state index contributed by atoms with van der Waals surface area (Å²) in [6.07, 6.45) is 0. The summed E-state index contributed by atoms with van der Waals surface area (Å²) in [6.45, 7) is 3.68. The highest BCUT2D eigenvalue weighted by atomic mass is 35.5. The number of nitrogens with two attached hydrogens (primary N) is 1. The van der Waals surface area contributed by atoms with Crippen molar-refractivity contribution in [3.8, 4) is 0 Å². The zero-order valence-electron chi connectivity index (χ0n) is 9.54. The van der Waals surface area contributed by atoms with Crippen molar-refractivity contribution in [3.05, 3.63) is 29.0 Å². The highest BCUT2D eigenvalue weighted by molar-refractivity contribution is 6.30. The van der Waals surface area contributed by atoms with E-state index in [-0.39, 0.29) is 29.3 Å². The van der Waals surface area contributed by atoms with E-state index in [9.17, 15) is 9.18 Å². The molecular weight excluding hydrogens is 266 g/mol. The Morgan fingerprint density at radius 2 is 2.06 bits per heavy atom. The molecule has 0 saturated heterocycles. The van der Waals surface area contributed by atoms with Gasteiger partial charge in [-0.3, -0.25) is 4.79 Å². The molecule has 17 heavy (non-hydrogen) atoms. The Kier molecular flexibility index (Phi) is 6.45. The number of carbonyl (C=O) groups excluding carboxylic acids is 1. The molecule has 96 valence electrons. The van der Waals surface area contributed by atoms with Crippen molar-refractivity contribution < 1.29 is 9.18 Å². The van der Waals surface area contributed by atoms with Crippen molar-refractivity contribution in [1.82, 2.24) is 0 Å². The van der Waals surface area contributed by atoms with E-state index in [0.717, 1.165) is 6.07 Å². The zero-order valence-corrected chi connectivity index (χ0v) is 11.1. The van der Waals surface area contributed by atoms with Crippen molar-refractivity contribution in [2.24, 2.45) is 11.7 Å². The molecule has 1 atom stereocenters. The molecule has 1 amide bonds. The van der Waals surface area contributed by atoms with E-state index in [1.54, 1.807) is 0 Å². The number of hydrogen-bond acceptors (Lipinski definition) is 2. The SMILES string of the molecule is CC(C)C(N)C(=O)Nc1ccc(Cl)c(F)c1.Cl. The van der Waals surface area contributed by atoms with E-state index < -0.39 is 11.9 Å². The van der Waals surface area contributed by atoms with Gasteiger partial charge in [-0.2, -0.15) is 0 Å². The molecule has 0 aromatic heterocycles. The number of benzene rings is 1. The van der Waals surface area contributed by atoms with Crippen LogP contribution in [0.1, 0.15) is 13.8 Å². The third-order valence-corrected chi connectivity index (χ3v) is 2.51. The zero-order chi connectivity index (χ0) is 12.3. The Morgan fingerprint density at radius 1 is 1.47 bits per heavy atom. The number of carbonyl (C=O) groups is 1. The van der Waals surface area contributed by atoms with E-state index in [1.807, 2.05) is 13.8 Å². The number of rotatable bonds is 3. The average Bonchev–Trinajstić information content (AvgIpc) is 2.22. The van der Waals surface area contributed by atoms with Gasteiger partial charge in [-0.1, -0.05) is 25.4 Å². The van der Waals surface area contributed by atoms with Gasteiger partial charge in [0.25, 0.3) is 0 Å². The lowest BCUT2D eigenvalue weighted by atomic mass is 10.1. The number of amides is 1. The summed E-state index contributed by atoms with van der Waals surface area (Å²) in [5.41, 5.74) is 5.99.